The van der Waals surface area contributed by atoms with E-state index in [1.807, 2.05) is 25.5 Å². The maximum Gasteiger partial charge on any atom is 0.341 e. The van der Waals surface area contributed by atoms with Gasteiger partial charge in [-0.15, -0.1) is 32.9 Å². The van der Waals surface area contributed by atoms with Crippen molar-refractivity contribution in [2.75, 3.05) is 17.7 Å². The number of anilines is 1. The van der Waals surface area contributed by atoms with Crippen LogP contribution in [0.1, 0.15) is 51.0 Å². The van der Waals surface area contributed by atoms with Crippen LogP contribution in [0, 0.1) is 13.8 Å². The Labute approximate surface area is 199 Å². The number of aryl methyl sites for hydroxylation is 2. The molecule has 0 saturated heterocycles. The minimum atomic E-state index is -0.408. The second-order valence-corrected chi connectivity index (χ2v) is 10.8. The molecule has 0 bridgehead atoms. The number of rotatable bonds is 7. The van der Waals surface area contributed by atoms with Gasteiger partial charge in [0.15, 0.2) is 11.0 Å². The molecule has 0 spiro atoms. The van der Waals surface area contributed by atoms with Crippen molar-refractivity contribution in [3.8, 4) is 11.4 Å². The first-order valence-corrected chi connectivity index (χ1v) is 13.3. The van der Waals surface area contributed by atoms with E-state index < -0.39 is 5.97 Å². The van der Waals surface area contributed by atoms with E-state index in [1.165, 1.54) is 51.9 Å². The third-order valence-electron chi connectivity index (χ3n) is 5.59. The summed E-state index contributed by atoms with van der Waals surface area (Å²) in [6.07, 6.45) is 4.71. The summed E-state index contributed by atoms with van der Waals surface area (Å²) in [6, 6.07) is 0. The van der Waals surface area contributed by atoms with Gasteiger partial charge in [-0.2, -0.15) is 0 Å². The summed E-state index contributed by atoms with van der Waals surface area (Å²) in [5, 5.41) is 15.0. The number of thiophene rings is 2. The van der Waals surface area contributed by atoms with Crippen LogP contribution >= 0.6 is 34.4 Å². The molecule has 0 fully saturated rings. The molecule has 1 amide bonds. The molecule has 10 heteroatoms. The van der Waals surface area contributed by atoms with Gasteiger partial charge < -0.3 is 14.6 Å². The van der Waals surface area contributed by atoms with Gasteiger partial charge in [-0.25, -0.2) is 4.79 Å². The van der Waals surface area contributed by atoms with Crippen LogP contribution < -0.4 is 5.32 Å². The van der Waals surface area contributed by atoms with Crippen molar-refractivity contribution in [1.82, 2.24) is 14.8 Å². The lowest BCUT2D eigenvalue weighted by atomic mass is 9.96. The summed E-state index contributed by atoms with van der Waals surface area (Å²) in [6.45, 7) is 5.85. The molecule has 7 nitrogen and oxygen atoms in total. The highest BCUT2D eigenvalue weighted by molar-refractivity contribution is 7.99. The smallest absolute Gasteiger partial charge is 0.341 e. The van der Waals surface area contributed by atoms with Crippen LogP contribution in [0.2, 0.25) is 0 Å². The Morgan fingerprint density at radius 1 is 1.25 bits per heavy atom. The molecular formula is C22H26N4O3S3. The van der Waals surface area contributed by atoms with Crippen molar-refractivity contribution in [1.29, 1.82) is 0 Å². The molecule has 4 rings (SSSR count). The van der Waals surface area contributed by atoms with Crippen molar-refractivity contribution in [2.45, 2.75) is 51.6 Å². The number of fused-ring (bicyclic) bond motifs is 1. The Bertz CT molecular complexity index is 1160. The van der Waals surface area contributed by atoms with Crippen molar-refractivity contribution >= 4 is 51.3 Å². The molecule has 3 heterocycles. The van der Waals surface area contributed by atoms with Crippen LogP contribution in [0.4, 0.5) is 5.00 Å². The zero-order valence-corrected chi connectivity index (χ0v) is 21.1. The number of hydrogen-bond acceptors (Lipinski definition) is 8. The van der Waals surface area contributed by atoms with E-state index >= 15 is 0 Å². The number of aromatic nitrogens is 3. The van der Waals surface area contributed by atoms with Gasteiger partial charge in [0.2, 0.25) is 5.91 Å². The highest BCUT2D eigenvalue weighted by atomic mass is 32.2. The highest BCUT2D eigenvalue weighted by Crippen LogP contribution is 2.37. The molecule has 3 aromatic heterocycles. The topological polar surface area (TPSA) is 86.1 Å². The number of nitrogens with zero attached hydrogens (tertiary/aromatic N) is 3. The molecule has 170 valence electrons. The quantitative estimate of drug-likeness (QED) is 0.370. The van der Waals surface area contributed by atoms with Crippen LogP contribution in [-0.2, 0) is 29.4 Å². The molecule has 1 N–H and O–H groups in total. The highest BCUT2D eigenvalue weighted by Gasteiger charge is 2.23. The van der Waals surface area contributed by atoms with E-state index in [9.17, 15) is 9.59 Å². The number of ether oxygens (including phenoxy) is 1. The first-order chi connectivity index (χ1) is 15.4. The molecule has 0 radical (unpaired) electrons. The van der Waals surface area contributed by atoms with E-state index in [4.69, 9.17) is 4.74 Å². The maximum absolute atomic E-state index is 12.6. The second-order valence-electron chi connectivity index (χ2n) is 7.67. The summed E-state index contributed by atoms with van der Waals surface area (Å²) in [5.74, 6) is 0.418. The lowest BCUT2D eigenvalue weighted by molar-refractivity contribution is -0.113. The van der Waals surface area contributed by atoms with Crippen LogP contribution in [0.3, 0.4) is 0 Å². The van der Waals surface area contributed by atoms with Crippen molar-refractivity contribution < 1.29 is 14.3 Å². The lowest BCUT2D eigenvalue weighted by Gasteiger charge is -2.12. The Balaban J connectivity index is 1.44. The lowest BCUT2D eigenvalue weighted by Crippen LogP contribution is -2.16. The molecule has 0 aliphatic heterocycles. The number of hydrogen-bond donors (Lipinski definition) is 1. The number of thioether (sulfide) groups is 1. The fraction of sp³-hybridized carbons (Fsp3) is 0.455. The summed E-state index contributed by atoms with van der Waals surface area (Å²) >= 11 is 4.53. The van der Waals surface area contributed by atoms with Gasteiger partial charge in [-0.05, 0) is 57.6 Å². The fourth-order valence-electron chi connectivity index (χ4n) is 3.81. The van der Waals surface area contributed by atoms with E-state index in [0.29, 0.717) is 15.7 Å². The largest absolute Gasteiger partial charge is 0.462 e. The Morgan fingerprint density at radius 2 is 2.03 bits per heavy atom. The summed E-state index contributed by atoms with van der Waals surface area (Å²) < 4.78 is 7.11. The summed E-state index contributed by atoms with van der Waals surface area (Å²) in [7, 11) is 1.94. The van der Waals surface area contributed by atoms with Crippen LogP contribution in [0.5, 0.6) is 0 Å². The van der Waals surface area contributed by atoms with Crippen molar-refractivity contribution in [2.24, 2.45) is 7.05 Å². The van der Waals surface area contributed by atoms with Crippen molar-refractivity contribution in [3.63, 3.8) is 0 Å². The van der Waals surface area contributed by atoms with Gasteiger partial charge in [0.05, 0.1) is 17.9 Å². The monoisotopic (exact) mass is 490 g/mol. The summed E-state index contributed by atoms with van der Waals surface area (Å²) in [5.41, 5.74) is 3.85. The molecule has 0 aromatic carbocycles. The first-order valence-electron chi connectivity index (χ1n) is 10.6. The van der Waals surface area contributed by atoms with E-state index in [1.54, 1.807) is 18.3 Å². The van der Waals surface area contributed by atoms with E-state index in [0.717, 1.165) is 29.1 Å². The summed E-state index contributed by atoms with van der Waals surface area (Å²) in [4.78, 5) is 27.4. The van der Waals surface area contributed by atoms with Gasteiger partial charge in [0.25, 0.3) is 0 Å². The van der Waals surface area contributed by atoms with Crippen molar-refractivity contribution in [3.05, 3.63) is 31.8 Å². The Hall–Kier alpha value is -2.17. The van der Waals surface area contributed by atoms with Crippen LogP contribution in [0.15, 0.2) is 10.5 Å². The SMILES string of the molecule is CCOC(=O)c1c(NC(=O)CSc2nnc(-c3csc4c3CCCC4)n2C)sc(C)c1C. The van der Waals surface area contributed by atoms with Crippen LogP contribution in [0.25, 0.3) is 11.4 Å². The maximum atomic E-state index is 12.6. The van der Waals surface area contributed by atoms with Gasteiger partial charge in [-0.3, -0.25) is 4.79 Å². The first kappa shape index (κ1) is 23.0. The van der Waals surface area contributed by atoms with E-state index in [2.05, 4.69) is 20.9 Å². The van der Waals surface area contributed by atoms with Gasteiger partial charge in [0.1, 0.15) is 5.00 Å². The minimum Gasteiger partial charge on any atom is -0.462 e. The zero-order valence-electron chi connectivity index (χ0n) is 18.6. The fourth-order valence-corrected chi connectivity index (χ4v) is 6.71. The molecule has 1 aliphatic rings. The Kier molecular flexibility index (Phi) is 7.02. The van der Waals surface area contributed by atoms with Gasteiger partial charge in [-0.1, -0.05) is 11.8 Å². The number of esters is 1. The standard InChI is InChI=1S/C22H26N4O3S3/c1-5-29-21(28)18-12(2)13(3)32-20(18)23-17(27)11-31-22-25-24-19(26(22)4)15-10-30-16-9-7-6-8-14(15)16/h10H,5-9,11H2,1-4H3,(H,23,27). The predicted molar refractivity (Wildman–Crippen MR) is 130 cm³/mol. The van der Waals surface area contributed by atoms with E-state index in [-0.39, 0.29) is 18.3 Å². The average molecular weight is 491 g/mol. The third kappa shape index (κ3) is 4.49. The number of amides is 1. The number of carbonyl (C=O) groups excluding carboxylic acids is 2. The molecular weight excluding hydrogens is 464 g/mol. The van der Waals surface area contributed by atoms with Gasteiger partial charge in [0, 0.05) is 27.7 Å². The molecule has 3 aromatic rings. The molecule has 0 unspecified atom stereocenters. The predicted octanol–water partition coefficient (Wildman–Crippen LogP) is 5.01. The van der Waals surface area contributed by atoms with Crippen LogP contribution in [-0.4, -0.2) is 39.0 Å². The zero-order chi connectivity index (χ0) is 22.8. The Morgan fingerprint density at radius 3 is 2.81 bits per heavy atom. The molecule has 0 atom stereocenters. The number of carbonyl (C=O) groups is 2. The molecule has 0 saturated carbocycles. The minimum absolute atomic E-state index is 0.173. The molecule has 1 aliphatic carbocycles. The molecule has 32 heavy (non-hydrogen) atoms. The average Bonchev–Trinajstić information content (AvgIpc) is 3.42. The second kappa shape index (κ2) is 9.76. The number of nitrogens with one attached hydrogen (secondary N) is 1. The third-order valence-corrected chi connectivity index (χ3v) is 8.82. The normalized spacial score (nSPS) is 13.1. The van der Waals surface area contributed by atoms with Gasteiger partial charge >= 0.3 is 5.97 Å².